The molecule has 3 N–H and O–H groups in total. The molecule has 1 aliphatic rings. The summed E-state index contributed by atoms with van der Waals surface area (Å²) in [7, 11) is 0. The van der Waals surface area contributed by atoms with Gasteiger partial charge in [-0.3, -0.25) is 9.59 Å². The van der Waals surface area contributed by atoms with Gasteiger partial charge in [0.05, 0.1) is 11.0 Å². The van der Waals surface area contributed by atoms with E-state index in [9.17, 15) is 9.59 Å². The molecule has 0 spiro atoms. The lowest BCUT2D eigenvalue weighted by Gasteiger charge is -2.36. The topological polar surface area (TPSA) is 88.0 Å². The van der Waals surface area contributed by atoms with Gasteiger partial charge < -0.3 is 20.5 Å². The molecule has 246 valence electrons. The lowest BCUT2D eigenvalue weighted by Crippen LogP contribution is -2.55. The largest absolute Gasteiger partial charge is 0.351 e. The van der Waals surface area contributed by atoms with E-state index in [1.807, 2.05) is 24.3 Å². The van der Waals surface area contributed by atoms with Gasteiger partial charge in [-0.1, -0.05) is 71.0 Å². The Morgan fingerprint density at radius 1 is 1.02 bits per heavy atom. The number of nitrogens with zero attached hydrogens (tertiary/aromatic N) is 2. The van der Waals surface area contributed by atoms with Crippen LogP contribution in [0.3, 0.4) is 0 Å². The van der Waals surface area contributed by atoms with Crippen LogP contribution in [0.1, 0.15) is 105 Å². The van der Waals surface area contributed by atoms with Gasteiger partial charge >= 0.3 is 0 Å². The van der Waals surface area contributed by atoms with E-state index in [1.54, 1.807) is 11.3 Å². The van der Waals surface area contributed by atoms with Gasteiger partial charge in [-0.05, 0) is 92.2 Å². The number of carbonyl (C=O) groups is 2. The van der Waals surface area contributed by atoms with Crippen molar-refractivity contribution in [3.05, 3.63) is 87.9 Å². The van der Waals surface area contributed by atoms with Gasteiger partial charge in [0, 0.05) is 34.9 Å². The summed E-state index contributed by atoms with van der Waals surface area (Å²) in [5.41, 5.74) is 3.60. The first-order chi connectivity index (χ1) is 22.3. The number of thiophene rings is 1. The fraction of sp³-hybridized carbons (Fsp3) is 0.500. The van der Waals surface area contributed by atoms with E-state index < -0.39 is 6.04 Å². The van der Waals surface area contributed by atoms with Crippen LogP contribution in [0.25, 0.3) is 11.0 Å². The molecule has 4 aromatic rings. The SMILES string of the molecule is CCC(CC)n1c(Cc2cccs2)nc2cc(C(=O)N[C@@H](CC(C)C)C(=O)NC(C3CCCNC3)C(C)c3ccccc3)ccc21. The maximum absolute atomic E-state index is 14.0. The number of carbonyl (C=O) groups excluding carboxylic acids is 2. The van der Waals surface area contributed by atoms with Crippen molar-refractivity contribution in [3.8, 4) is 0 Å². The van der Waals surface area contributed by atoms with Crippen LogP contribution < -0.4 is 16.0 Å². The van der Waals surface area contributed by atoms with E-state index in [-0.39, 0.29) is 29.7 Å². The zero-order chi connectivity index (χ0) is 32.6. The fourth-order valence-corrected chi connectivity index (χ4v) is 7.76. The highest BCUT2D eigenvalue weighted by Gasteiger charge is 2.33. The number of fused-ring (bicyclic) bond motifs is 1. The van der Waals surface area contributed by atoms with Crippen molar-refractivity contribution in [1.29, 1.82) is 0 Å². The molecule has 0 aliphatic carbocycles. The fourth-order valence-electron chi connectivity index (χ4n) is 7.05. The van der Waals surface area contributed by atoms with Crippen molar-refractivity contribution in [2.24, 2.45) is 11.8 Å². The van der Waals surface area contributed by atoms with Gasteiger partial charge in [0.15, 0.2) is 0 Å². The monoisotopic (exact) mass is 641 g/mol. The highest BCUT2D eigenvalue weighted by atomic mass is 32.1. The molecule has 8 heteroatoms. The zero-order valence-electron chi connectivity index (χ0n) is 28.1. The Morgan fingerprint density at radius 2 is 1.80 bits per heavy atom. The number of nitrogens with one attached hydrogen (secondary N) is 3. The maximum atomic E-state index is 14.0. The van der Waals surface area contributed by atoms with Crippen molar-refractivity contribution in [2.75, 3.05) is 13.1 Å². The maximum Gasteiger partial charge on any atom is 0.252 e. The standard InChI is InChI=1S/C38H51N5O2S/c1-6-30(7-2)43-34-18-17-28(22-32(34)40-35(43)23-31-16-12-20-46-31)37(44)41-33(21-25(3)4)38(45)42-36(29-15-11-19-39-24-29)26(5)27-13-9-8-10-14-27/h8-10,12-14,16-18,20,22,25-26,29-30,33,36,39H,6-7,11,15,19,21,23-24H2,1-5H3,(H,41,44)(H,42,45)/t26?,29?,33-,36?/m0/s1. The second kappa shape index (κ2) is 15.9. The molecular weight excluding hydrogens is 591 g/mol. The first kappa shape index (κ1) is 33.9. The van der Waals surface area contributed by atoms with E-state index in [1.165, 1.54) is 10.4 Å². The number of benzene rings is 2. The summed E-state index contributed by atoms with van der Waals surface area (Å²) in [5, 5.41) is 12.2. The van der Waals surface area contributed by atoms with Gasteiger partial charge in [-0.25, -0.2) is 4.98 Å². The summed E-state index contributed by atoms with van der Waals surface area (Å²) in [6, 6.07) is 20.1. The minimum Gasteiger partial charge on any atom is -0.351 e. The van der Waals surface area contributed by atoms with Crippen LogP contribution in [0.4, 0.5) is 0 Å². The number of rotatable bonds is 14. The second-order valence-electron chi connectivity index (χ2n) is 13.3. The van der Waals surface area contributed by atoms with Crippen LogP contribution in [-0.4, -0.2) is 46.5 Å². The van der Waals surface area contributed by atoms with E-state index in [2.05, 4.69) is 96.9 Å². The molecule has 7 nitrogen and oxygen atoms in total. The lowest BCUT2D eigenvalue weighted by molar-refractivity contribution is -0.124. The number of hydrogen-bond donors (Lipinski definition) is 3. The second-order valence-corrected chi connectivity index (χ2v) is 14.4. The van der Waals surface area contributed by atoms with Gasteiger partial charge in [-0.2, -0.15) is 0 Å². The van der Waals surface area contributed by atoms with E-state index >= 15 is 0 Å². The Labute approximate surface area is 278 Å². The zero-order valence-corrected chi connectivity index (χ0v) is 28.9. The van der Waals surface area contributed by atoms with Crippen LogP contribution in [0, 0.1) is 11.8 Å². The lowest BCUT2D eigenvalue weighted by atomic mass is 9.81. The van der Waals surface area contributed by atoms with Crippen molar-refractivity contribution < 1.29 is 9.59 Å². The molecule has 4 atom stereocenters. The Hall–Kier alpha value is -3.49. The molecule has 3 unspecified atom stereocenters. The molecule has 2 aromatic carbocycles. The van der Waals surface area contributed by atoms with Crippen LogP contribution in [0.15, 0.2) is 66.0 Å². The Bertz CT molecular complexity index is 1550. The van der Waals surface area contributed by atoms with Crippen molar-refractivity contribution >= 4 is 34.2 Å². The molecule has 2 amide bonds. The molecule has 5 rings (SSSR count). The third kappa shape index (κ3) is 8.07. The highest BCUT2D eigenvalue weighted by molar-refractivity contribution is 7.09. The van der Waals surface area contributed by atoms with Crippen LogP contribution >= 0.6 is 11.3 Å². The molecule has 46 heavy (non-hydrogen) atoms. The van der Waals surface area contributed by atoms with E-state index in [4.69, 9.17) is 4.98 Å². The summed E-state index contributed by atoms with van der Waals surface area (Å²) in [6.45, 7) is 12.7. The van der Waals surface area contributed by atoms with Crippen molar-refractivity contribution in [2.45, 2.75) is 97.2 Å². The predicted molar refractivity (Wildman–Crippen MR) is 190 cm³/mol. The molecule has 2 aromatic heterocycles. The quantitative estimate of drug-likeness (QED) is 0.133. The molecule has 0 saturated carbocycles. The summed E-state index contributed by atoms with van der Waals surface area (Å²) >= 11 is 1.74. The van der Waals surface area contributed by atoms with Gasteiger partial charge in [-0.15, -0.1) is 11.3 Å². The first-order valence-electron chi connectivity index (χ1n) is 17.2. The molecule has 1 saturated heterocycles. The average molecular weight is 642 g/mol. The summed E-state index contributed by atoms with van der Waals surface area (Å²) < 4.78 is 2.36. The minimum absolute atomic E-state index is 0.0403. The average Bonchev–Trinajstić information content (AvgIpc) is 3.71. The van der Waals surface area contributed by atoms with Crippen LogP contribution in [0.2, 0.25) is 0 Å². The van der Waals surface area contributed by atoms with E-state index in [0.717, 1.165) is 62.1 Å². The van der Waals surface area contributed by atoms with Gasteiger partial charge in [0.1, 0.15) is 11.9 Å². The van der Waals surface area contributed by atoms with Crippen molar-refractivity contribution in [1.82, 2.24) is 25.5 Å². The van der Waals surface area contributed by atoms with Crippen molar-refractivity contribution in [3.63, 3.8) is 0 Å². The van der Waals surface area contributed by atoms with E-state index in [0.29, 0.717) is 23.9 Å². The molecule has 1 aliphatic heterocycles. The van der Waals surface area contributed by atoms with Gasteiger partial charge in [0.25, 0.3) is 5.91 Å². The number of aromatic nitrogens is 2. The predicted octanol–water partition coefficient (Wildman–Crippen LogP) is 7.48. The van der Waals surface area contributed by atoms with Crippen LogP contribution in [0.5, 0.6) is 0 Å². The molecule has 1 fully saturated rings. The molecular formula is C38H51N5O2S. The highest BCUT2D eigenvalue weighted by Crippen LogP contribution is 2.30. The molecule has 0 radical (unpaired) electrons. The minimum atomic E-state index is -0.637. The van der Waals surface area contributed by atoms with Crippen LogP contribution in [-0.2, 0) is 11.2 Å². The number of amides is 2. The molecule has 3 heterocycles. The molecule has 0 bridgehead atoms. The normalized spacial score (nSPS) is 17.2. The summed E-state index contributed by atoms with van der Waals surface area (Å²) in [4.78, 5) is 34.1. The summed E-state index contributed by atoms with van der Waals surface area (Å²) in [5.74, 6) is 1.36. The summed E-state index contributed by atoms with van der Waals surface area (Å²) in [6.07, 6.45) is 5.50. The number of hydrogen-bond acceptors (Lipinski definition) is 5. The number of piperidine rings is 1. The third-order valence-corrected chi connectivity index (χ3v) is 10.5. The Morgan fingerprint density at radius 3 is 2.46 bits per heavy atom. The smallest absolute Gasteiger partial charge is 0.252 e. The Balaban J connectivity index is 1.38. The Kier molecular flexibility index (Phi) is 11.7. The van der Waals surface area contributed by atoms with Gasteiger partial charge in [0.2, 0.25) is 5.91 Å². The first-order valence-corrected chi connectivity index (χ1v) is 18.1. The third-order valence-electron chi connectivity index (χ3n) is 9.59. The number of imidazole rings is 1.